The van der Waals surface area contributed by atoms with E-state index < -0.39 is 0 Å². The summed E-state index contributed by atoms with van der Waals surface area (Å²) in [5.74, 6) is 0.0284. The Morgan fingerprint density at radius 2 is 2.42 bits per heavy atom. The maximum atomic E-state index is 12.0. The number of hydrogen-bond donors (Lipinski definition) is 1. The lowest BCUT2D eigenvalue weighted by molar-refractivity contribution is 0.121. The van der Waals surface area contributed by atoms with Crippen LogP contribution in [0.4, 0.5) is 5.69 Å². The molecule has 0 aromatic carbocycles. The first-order chi connectivity index (χ1) is 9.13. The Morgan fingerprint density at radius 3 is 3.00 bits per heavy atom. The maximum Gasteiger partial charge on any atom is 0.268 e. The molecule has 2 heterocycles. The zero-order valence-electron chi connectivity index (χ0n) is 11.5. The number of rotatable bonds is 5. The van der Waals surface area contributed by atoms with Gasteiger partial charge in [-0.05, 0) is 12.3 Å². The van der Waals surface area contributed by atoms with Crippen molar-refractivity contribution in [3.05, 3.63) is 22.6 Å². The Labute approximate surface area is 112 Å². The van der Waals surface area contributed by atoms with Crippen LogP contribution >= 0.6 is 0 Å². The second-order valence-corrected chi connectivity index (χ2v) is 5.11. The highest BCUT2D eigenvalue weighted by molar-refractivity contribution is 5.44. The van der Waals surface area contributed by atoms with Crippen LogP contribution in [0.2, 0.25) is 0 Å². The van der Waals surface area contributed by atoms with Crippen molar-refractivity contribution in [2.24, 2.45) is 5.92 Å². The van der Waals surface area contributed by atoms with Crippen LogP contribution in [0.3, 0.4) is 0 Å². The quantitative estimate of drug-likeness (QED) is 0.819. The van der Waals surface area contributed by atoms with Gasteiger partial charge in [0.25, 0.3) is 5.56 Å². The van der Waals surface area contributed by atoms with Gasteiger partial charge in [-0.1, -0.05) is 6.92 Å². The summed E-state index contributed by atoms with van der Waals surface area (Å²) in [6.45, 7) is 4.06. The van der Waals surface area contributed by atoms with Gasteiger partial charge in [0.15, 0.2) is 0 Å². The molecule has 2 atom stereocenters. The van der Waals surface area contributed by atoms with Gasteiger partial charge in [-0.2, -0.15) is 5.10 Å². The SMILES string of the molecule is COC1CCN(c2cnn(CC(C)CO)c(=O)c2)C1. The molecule has 0 aliphatic carbocycles. The van der Waals surface area contributed by atoms with E-state index in [0.29, 0.717) is 6.54 Å². The highest BCUT2D eigenvalue weighted by atomic mass is 16.5. The van der Waals surface area contributed by atoms with E-state index in [2.05, 4.69) is 10.00 Å². The van der Waals surface area contributed by atoms with Crippen LogP contribution in [0.15, 0.2) is 17.1 Å². The minimum atomic E-state index is -0.126. The molecule has 0 saturated carbocycles. The van der Waals surface area contributed by atoms with E-state index in [-0.39, 0.29) is 24.2 Å². The Bertz CT molecular complexity index is 474. The fourth-order valence-electron chi connectivity index (χ4n) is 2.24. The third-order valence-electron chi connectivity index (χ3n) is 3.49. The summed E-state index contributed by atoms with van der Waals surface area (Å²) in [6.07, 6.45) is 2.92. The second kappa shape index (κ2) is 6.16. The van der Waals surface area contributed by atoms with Crippen LogP contribution in [0.1, 0.15) is 13.3 Å². The molecule has 19 heavy (non-hydrogen) atoms. The standard InChI is InChI=1S/C13H21N3O3/c1-10(9-17)7-16-13(18)5-11(6-14-16)15-4-3-12(8-15)19-2/h5-6,10,12,17H,3-4,7-9H2,1-2H3. The summed E-state index contributed by atoms with van der Waals surface area (Å²) >= 11 is 0. The van der Waals surface area contributed by atoms with Crippen LogP contribution in [-0.4, -0.2) is 47.8 Å². The first-order valence-electron chi connectivity index (χ1n) is 6.59. The summed E-state index contributed by atoms with van der Waals surface area (Å²) in [5.41, 5.74) is 0.719. The van der Waals surface area contributed by atoms with Gasteiger partial charge >= 0.3 is 0 Å². The summed E-state index contributed by atoms with van der Waals surface area (Å²) in [5, 5.41) is 13.2. The molecule has 1 aliphatic rings. The molecule has 2 rings (SSSR count). The van der Waals surface area contributed by atoms with Gasteiger partial charge in [0.2, 0.25) is 0 Å². The number of ether oxygens (including phenoxy) is 1. The molecule has 0 radical (unpaired) electrons. The minimum absolute atomic E-state index is 0.0284. The van der Waals surface area contributed by atoms with E-state index in [1.54, 1.807) is 19.4 Å². The number of aromatic nitrogens is 2. The fourth-order valence-corrected chi connectivity index (χ4v) is 2.24. The van der Waals surface area contributed by atoms with Crippen molar-refractivity contribution in [3.63, 3.8) is 0 Å². The first-order valence-corrected chi connectivity index (χ1v) is 6.59. The summed E-state index contributed by atoms with van der Waals surface area (Å²) in [6, 6.07) is 1.61. The van der Waals surface area contributed by atoms with E-state index in [4.69, 9.17) is 9.84 Å². The monoisotopic (exact) mass is 267 g/mol. The van der Waals surface area contributed by atoms with Crippen molar-refractivity contribution < 1.29 is 9.84 Å². The van der Waals surface area contributed by atoms with E-state index in [0.717, 1.165) is 25.2 Å². The van der Waals surface area contributed by atoms with Gasteiger partial charge in [0.05, 0.1) is 18.0 Å². The van der Waals surface area contributed by atoms with Crippen molar-refractivity contribution in [2.45, 2.75) is 26.0 Å². The molecule has 2 unspecified atom stereocenters. The van der Waals surface area contributed by atoms with E-state index >= 15 is 0 Å². The van der Waals surface area contributed by atoms with Crippen LogP contribution in [0.5, 0.6) is 0 Å². The number of nitrogens with zero attached hydrogens (tertiary/aromatic N) is 3. The average molecular weight is 267 g/mol. The molecule has 0 bridgehead atoms. The largest absolute Gasteiger partial charge is 0.396 e. The maximum absolute atomic E-state index is 12.0. The molecule has 1 aliphatic heterocycles. The highest BCUT2D eigenvalue weighted by Gasteiger charge is 2.22. The van der Waals surface area contributed by atoms with Crippen LogP contribution in [0, 0.1) is 5.92 Å². The van der Waals surface area contributed by atoms with Crippen molar-refractivity contribution >= 4 is 5.69 Å². The summed E-state index contributed by atoms with van der Waals surface area (Å²) in [4.78, 5) is 14.1. The number of aliphatic hydroxyl groups is 1. The van der Waals surface area contributed by atoms with Crippen molar-refractivity contribution in [1.82, 2.24) is 9.78 Å². The zero-order valence-corrected chi connectivity index (χ0v) is 11.5. The molecule has 1 aromatic rings. The van der Waals surface area contributed by atoms with Gasteiger partial charge in [-0.3, -0.25) is 4.79 Å². The molecule has 1 fully saturated rings. The molecule has 0 amide bonds. The summed E-state index contributed by atoms with van der Waals surface area (Å²) in [7, 11) is 1.71. The predicted octanol–water partition coefficient (Wildman–Crippen LogP) is 0.0968. The molecule has 6 heteroatoms. The average Bonchev–Trinajstić information content (AvgIpc) is 2.89. The molecule has 1 N–H and O–H groups in total. The third-order valence-corrected chi connectivity index (χ3v) is 3.49. The Kier molecular flexibility index (Phi) is 4.55. The smallest absolute Gasteiger partial charge is 0.268 e. The normalized spacial score (nSPS) is 20.8. The van der Waals surface area contributed by atoms with Gasteiger partial charge in [0, 0.05) is 39.4 Å². The van der Waals surface area contributed by atoms with Crippen LogP contribution in [-0.2, 0) is 11.3 Å². The van der Waals surface area contributed by atoms with Gasteiger partial charge < -0.3 is 14.7 Å². The molecule has 1 saturated heterocycles. The Balaban J connectivity index is 2.09. The van der Waals surface area contributed by atoms with Crippen LogP contribution < -0.4 is 10.5 Å². The lowest BCUT2D eigenvalue weighted by Crippen LogP contribution is -2.29. The Hall–Kier alpha value is -1.40. The number of anilines is 1. The molecular weight excluding hydrogens is 246 g/mol. The summed E-state index contributed by atoms with van der Waals surface area (Å²) < 4.78 is 6.71. The number of hydrogen-bond acceptors (Lipinski definition) is 5. The zero-order chi connectivity index (χ0) is 13.8. The molecule has 1 aromatic heterocycles. The van der Waals surface area contributed by atoms with E-state index in [1.165, 1.54) is 4.68 Å². The molecule has 0 spiro atoms. The predicted molar refractivity (Wildman–Crippen MR) is 72.4 cm³/mol. The molecular formula is C13H21N3O3. The minimum Gasteiger partial charge on any atom is -0.396 e. The Morgan fingerprint density at radius 1 is 1.63 bits per heavy atom. The third kappa shape index (κ3) is 3.33. The van der Waals surface area contributed by atoms with Gasteiger partial charge in [-0.25, -0.2) is 4.68 Å². The first kappa shape index (κ1) is 14.0. The second-order valence-electron chi connectivity index (χ2n) is 5.11. The molecule has 6 nitrogen and oxygen atoms in total. The van der Waals surface area contributed by atoms with Gasteiger partial charge in [0.1, 0.15) is 0 Å². The number of aliphatic hydroxyl groups excluding tert-OH is 1. The van der Waals surface area contributed by atoms with Crippen molar-refractivity contribution in [3.8, 4) is 0 Å². The van der Waals surface area contributed by atoms with Crippen LogP contribution in [0.25, 0.3) is 0 Å². The molecule has 106 valence electrons. The lowest BCUT2D eigenvalue weighted by atomic mass is 10.2. The van der Waals surface area contributed by atoms with Crippen molar-refractivity contribution in [1.29, 1.82) is 0 Å². The number of methoxy groups -OCH3 is 1. The van der Waals surface area contributed by atoms with Crippen molar-refractivity contribution in [2.75, 3.05) is 31.7 Å². The lowest BCUT2D eigenvalue weighted by Gasteiger charge is -2.18. The van der Waals surface area contributed by atoms with E-state index in [1.807, 2.05) is 6.92 Å². The highest BCUT2D eigenvalue weighted by Crippen LogP contribution is 2.19. The van der Waals surface area contributed by atoms with Gasteiger partial charge in [-0.15, -0.1) is 0 Å². The fraction of sp³-hybridized carbons (Fsp3) is 0.692. The topological polar surface area (TPSA) is 67.6 Å². The van der Waals surface area contributed by atoms with E-state index in [9.17, 15) is 4.79 Å².